The molecule has 5 heterocycles. The molecule has 6 nitrogen and oxygen atoms in total. The molecule has 0 atom stereocenters. The predicted molar refractivity (Wildman–Crippen MR) is 403 cm³/mol. The van der Waals surface area contributed by atoms with Crippen LogP contribution in [0.25, 0.3) is 188 Å². The molecular weight excluding hydrogens is 1180 g/mol. The number of nitriles is 1. The van der Waals surface area contributed by atoms with E-state index in [2.05, 4.69) is 358 Å². The van der Waals surface area contributed by atoms with E-state index in [1.807, 2.05) is 0 Å². The number of benzene rings is 15. The summed E-state index contributed by atoms with van der Waals surface area (Å²) in [5.41, 5.74) is 23.1. The first kappa shape index (κ1) is 54.4. The van der Waals surface area contributed by atoms with Gasteiger partial charge in [0, 0.05) is 65.0 Å². The fraction of sp³-hybridized carbons (Fsp3) is 0. The molecule has 0 radical (unpaired) electrons. The van der Waals surface area contributed by atoms with E-state index < -0.39 is 0 Å². The molecular formula is C91H55N5O. The molecule has 0 spiro atoms. The smallest absolute Gasteiger partial charge is 0.143 e. The molecule has 450 valence electrons. The quantitative estimate of drug-likeness (QED) is 0.145. The monoisotopic (exact) mass is 1230 g/mol. The third-order valence-corrected chi connectivity index (χ3v) is 20.2. The van der Waals surface area contributed by atoms with Crippen LogP contribution in [0.5, 0.6) is 0 Å². The van der Waals surface area contributed by atoms with E-state index >= 15 is 0 Å². The number of aromatic nitrogens is 4. The number of hydrogen-bond donors (Lipinski definition) is 0. The molecule has 0 amide bonds. The Morgan fingerprint density at radius 1 is 0.227 bits per heavy atom. The summed E-state index contributed by atoms with van der Waals surface area (Å²) in [5, 5.41) is 24.2. The minimum atomic E-state index is 0.473. The minimum absolute atomic E-state index is 0.473. The van der Waals surface area contributed by atoms with Crippen LogP contribution in [0.3, 0.4) is 0 Å². The Balaban J connectivity index is 1.12. The van der Waals surface area contributed by atoms with E-state index in [4.69, 9.17) is 4.42 Å². The van der Waals surface area contributed by atoms with Gasteiger partial charge in [0.1, 0.15) is 22.8 Å². The molecule has 0 N–H and O–H groups in total. The van der Waals surface area contributed by atoms with Crippen LogP contribution in [0, 0.1) is 11.3 Å². The average molecular weight is 1230 g/mol. The number of para-hydroxylation sites is 6. The molecule has 0 aliphatic heterocycles. The standard InChI is InChI=1S/C91H55N5O/c92-56-76-87(93-77-39-18-13-32-65(77)69-48-44-61(52-81(69)93)57-24-5-1-6-25-57)89(95-79-41-20-15-34-67(79)71-50-46-63(54-83(71)95)59-28-9-3-10-29-59)86(75-38-23-37-74-73-36-17-22-43-85(73)97-91(74)75)90(96-80-42-21-16-35-68(80)72-51-47-64(55-84(72)96)60-30-11-4-12-31-60)88(76)94-78-40-19-14-33-66(78)70-49-45-62(53-82(70)94)58-26-7-2-8-27-58/h1-55H. The first-order valence-electron chi connectivity index (χ1n) is 33.0. The van der Waals surface area contributed by atoms with Crippen molar-refractivity contribution in [3.63, 3.8) is 0 Å². The van der Waals surface area contributed by atoms with Gasteiger partial charge in [0.05, 0.1) is 66.9 Å². The molecule has 6 heteroatoms. The second kappa shape index (κ2) is 21.4. The van der Waals surface area contributed by atoms with Crippen molar-refractivity contribution in [2.75, 3.05) is 0 Å². The molecule has 20 rings (SSSR count). The first-order chi connectivity index (χ1) is 48.1. The van der Waals surface area contributed by atoms with Crippen LogP contribution in [0.2, 0.25) is 0 Å². The fourth-order valence-electron chi connectivity index (χ4n) is 16.0. The molecule has 0 aliphatic rings. The summed E-state index contributed by atoms with van der Waals surface area (Å²) in [6.07, 6.45) is 0. The molecule has 0 bridgehead atoms. The lowest BCUT2D eigenvalue weighted by Gasteiger charge is -2.29. The molecule has 0 aliphatic carbocycles. The van der Waals surface area contributed by atoms with Crippen molar-refractivity contribution < 1.29 is 4.42 Å². The second-order valence-electron chi connectivity index (χ2n) is 25.3. The molecule has 20 aromatic rings. The van der Waals surface area contributed by atoms with Gasteiger partial charge in [-0.3, -0.25) is 0 Å². The van der Waals surface area contributed by atoms with E-state index in [0.717, 1.165) is 176 Å². The highest BCUT2D eigenvalue weighted by Crippen LogP contribution is 2.54. The van der Waals surface area contributed by atoms with Gasteiger partial charge >= 0.3 is 0 Å². The number of fused-ring (bicyclic) bond motifs is 15. The Kier molecular flexibility index (Phi) is 12.0. The van der Waals surface area contributed by atoms with E-state index in [9.17, 15) is 5.26 Å². The Hall–Kier alpha value is -13.2. The molecule has 5 aromatic heterocycles. The van der Waals surface area contributed by atoms with Crippen molar-refractivity contribution in [3.05, 3.63) is 339 Å². The normalized spacial score (nSPS) is 11.9. The largest absolute Gasteiger partial charge is 0.455 e. The molecule has 0 fully saturated rings. The Bertz CT molecular complexity index is 6340. The number of rotatable bonds is 9. The molecule has 15 aromatic carbocycles. The van der Waals surface area contributed by atoms with Gasteiger partial charge in [0.2, 0.25) is 0 Å². The average Bonchev–Trinajstić information content (AvgIpc) is 1.49. The van der Waals surface area contributed by atoms with Crippen LogP contribution < -0.4 is 0 Å². The summed E-state index contributed by atoms with van der Waals surface area (Å²) in [4.78, 5) is 0. The van der Waals surface area contributed by atoms with Gasteiger partial charge in [-0.15, -0.1) is 0 Å². The zero-order chi connectivity index (χ0) is 63.8. The molecule has 0 saturated heterocycles. The van der Waals surface area contributed by atoms with E-state index in [0.29, 0.717) is 16.9 Å². The highest BCUT2D eigenvalue weighted by Gasteiger charge is 2.36. The van der Waals surface area contributed by atoms with Crippen molar-refractivity contribution in [3.8, 4) is 84.5 Å². The second-order valence-corrected chi connectivity index (χ2v) is 25.3. The minimum Gasteiger partial charge on any atom is -0.455 e. The van der Waals surface area contributed by atoms with E-state index in [1.165, 1.54) is 0 Å². The lowest BCUT2D eigenvalue weighted by molar-refractivity contribution is 0.670. The molecule has 0 unspecified atom stereocenters. The third-order valence-electron chi connectivity index (χ3n) is 20.2. The van der Waals surface area contributed by atoms with Crippen molar-refractivity contribution in [2.24, 2.45) is 0 Å². The predicted octanol–water partition coefficient (Wildman–Crippen LogP) is 24.2. The zero-order valence-electron chi connectivity index (χ0n) is 52.4. The highest BCUT2D eigenvalue weighted by molar-refractivity contribution is 6.20. The van der Waals surface area contributed by atoms with E-state index in [1.54, 1.807) is 0 Å². The molecule has 97 heavy (non-hydrogen) atoms. The maximum absolute atomic E-state index is 13.6. The third kappa shape index (κ3) is 8.13. The van der Waals surface area contributed by atoms with Gasteiger partial charge in [-0.25, -0.2) is 0 Å². The van der Waals surface area contributed by atoms with Crippen LogP contribution in [0.15, 0.2) is 338 Å². The number of hydrogen-bond acceptors (Lipinski definition) is 2. The lowest BCUT2D eigenvalue weighted by Crippen LogP contribution is -2.16. The Labute approximate surface area is 557 Å². The van der Waals surface area contributed by atoms with Crippen LogP contribution >= 0.6 is 0 Å². The van der Waals surface area contributed by atoms with Crippen LogP contribution in [0.1, 0.15) is 5.56 Å². The topological polar surface area (TPSA) is 56.6 Å². The van der Waals surface area contributed by atoms with Crippen molar-refractivity contribution >= 4 is 109 Å². The van der Waals surface area contributed by atoms with Crippen molar-refractivity contribution in [1.82, 2.24) is 18.3 Å². The Morgan fingerprint density at radius 3 is 0.866 bits per heavy atom. The summed E-state index contributed by atoms with van der Waals surface area (Å²) >= 11 is 0. The summed E-state index contributed by atoms with van der Waals surface area (Å²) in [6.45, 7) is 0. The van der Waals surface area contributed by atoms with Crippen molar-refractivity contribution in [2.45, 2.75) is 0 Å². The highest BCUT2D eigenvalue weighted by atomic mass is 16.3. The van der Waals surface area contributed by atoms with Gasteiger partial charge in [-0.1, -0.05) is 279 Å². The SMILES string of the molecule is N#Cc1c(-n2c3ccccc3c3ccc(-c4ccccc4)cc32)c(-n2c3ccccc3c3ccc(-c4ccccc4)cc32)c(-c2cccc3c2oc2ccccc23)c(-n2c3ccccc3c3ccc(-c4ccccc4)cc32)c1-n1c2ccccc2c2ccc(-c3ccccc3)cc21. The number of nitrogens with zero attached hydrogens (tertiary/aromatic N) is 5. The summed E-state index contributed by atoms with van der Waals surface area (Å²) in [5.74, 6) is 0. The van der Waals surface area contributed by atoms with Gasteiger partial charge in [-0.05, 0) is 99.1 Å². The van der Waals surface area contributed by atoms with Crippen LogP contribution in [-0.2, 0) is 0 Å². The van der Waals surface area contributed by atoms with Gasteiger partial charge < -0.3 is 22.7 Å². The van der Waals surface area contributed by atoms with E-state index in [-0.39, 0.29) is 0 Å². The Morgan fingerprint density at radius 2 is 0.515 bits per heavy atom. The van der Waals surface area contributed by atoms with Crippen molar-refractivity contribution in [1.29, 1.82) is 5.26 Å². The maximum atomic E-state index is 13.6. The van der Waals surface area contributed by atoms with Gasteiger partial charge in [0.25, 0.3) is 0 Å². The van der Waals surface area contributed by atoms with Crippen LogP contribution in [0.4, 0.5) is 0 Å². The first-order valence-corrected chi connectivity index (χ1v) is 33.0. The zero-order valence-corrected chi connectivity index (χ0v) is 52.4. The number of furan rings is 1. The van der Waals surface area contributed by atoms with Gasteiger partial charge in [0.15, 0.2) is 0 Å². The maximum Gasteiger partial charge on any atom is 0.143 e. The van der Waals surface area contributed by atoms with Gasteiger partial charge in [-0.2, -0.15) is 5.26 Å². The summed E-state index contributed by atoms with van der Waals surface area (Å²) in [6, 6.07) is 124. The molecule has 0 saturated carbocycles. The fourth-order valence-corrected chi connectivity index (χ4v) is 16.0. The summed E-state index contributed by atoms with van der Waals surface area (Å²) in [7, 11) is 0. The summed E-state index contributed by atoms with van der Waals surface area (Å²) < 4.78 is 17.4. The van der Waals surface area contributed by atoms with Crippen LogP contribution in [-0.4, -0.2) is 18.3 Å². The lowest BCUT2D eigenvalue weighted by atomic mass is 9.92.